The summed E-state index contributed by atoms with van der Waals surface area (Å²) in [5.41, 5.74) is 3.07. The Bertz CT molecular complexity index is 682. The van der Waals surface area contributed by atoms with Crippen LogP contribution in [0.2, 0.25) is 5.02 Å². The lowest BCUT2D eigenvalue weighted by molar-refractivity contribution is -0.136. The zero-order chi connectivity index (χ0) is 15.6. The van der Waals surface area contributed by atoms with E-state index in [4.69, 9.17) is 21.4 Å². The molecular formula is C14H16ClN3O3. The minimum absolute atomic E-state index is 0.0241. The lowest BCUT2D eigenvalue weighted by Crippen LogP contribution is -2.04. The molecule has 6 nitrogen and oxygen atoms in total. The summed E-state index contributed by atoms with van der Waals surface area (Å²) in [6.45, 7) is 3.74. The molecule has 0 fully saturated rings. The minimum atomic E-state index is -0.858. The molecule has 1 heterocycles. The summed E-state index contributed by atoms with van der Waals surface area (Å²) in [7, 11) is 1.56. The lowest BCUT2D eigenvalue weighted by Gasteiger charge is -2.11. The molecule has 0 aliphatic rings. The first-order valence-electron chi connectivity index (χ1n) is 6.41. The summed E-state index contributed by atoms with van der Waals surface area (Å²) in [4.78, 5) is 10.7. The van der Waals surface area contributed by atoms with E-state index in [1.54, 1.807) is 17.9 Å². The molecule has 0 bridgehead atoms. The van der Waals surface area contributed by atoms with Gasteiger partial charge in [0.15, 0.2) is 0 Å². The topological polar surface area (TPSA) is 77.2 Å². The Kier molecular flexibility index (Phi) is 4.47. The highest BCUT2D eigenvalue weighted by Crippen LogP contribution is 2.30. The number of ether oxygens (including phenoxy) is 1. The second kappa shape index (κ2) is 6.13. The number of hydrogen-bond acceptors (Lipinski definition) is 4. The van der Waals surface area contributed by atoms with Gasteiger partial charge in [-0.15, -0.1) is 5.10 Å². The number of carboxylic acid groups (broad SMARTS) is 1. The van der Waals surface area contributed by atoms with E-state index in [0.717, 1.165) is 16.9 Å². The molecular weight excluding hydrogens is 294 g/mol. The lowest BCUT2D eigenvalue weighted by atomic mass is 10.2. The van der Waals surface area contributed by atoms with Crippen molar-refractivity contribution in [2.75, 3.05) is 7.11 Å². The van der Waals surface area contributed by atoms with Gasteiger partial charge >= 0.3 is 5.97 Å². The van der Waals surface area contributed by atoms with Crippen LogP contribution in [0.1, 0.15) is 23.4 Å². The van der Waals surface area contributed by atoms with Crippen LogP contribution in [0.4, 0.5) is 0 Å². The van der Waals surface area contributed by atoms with Gasteiger partial charge in [0.05, 0.1) is 24.9 Å². The van der Waals surface area contributed by atoms with Crippen LogP contribution in [0, 0.1) is 13.8 Å². The Hall–Kier alpha value is -2.08. The normalized spacial score (nSPS) is 10.7. The van der Waals surface area contributed by atoms with Crippen molar-refractivity contribution < 1.29 is 14.6 Å². The van der Waals surface area contributed by atoms with Crippen molar-refractivity contribution in [3.63, 3.8) is 0 Å². The predicted octanol–water partition coefficient (Wildman–Crippen LogP) is 2.56. The van der Waals surface area contributed by atoms with E-state index in [0.29, 0.717) is 22.9 Å². The molecule has 0 radical (unpaired) electrons. The third-order valence-electron chi connectivity index (χ3n) is 3.25. The summed E-state index contributed by atoms with van der Waals surface area (Å²) in [6, 6.07) is 3.59. The van der Waals surface area contributed by atoms with Gasteiger partial charge in [0, 0.05) is 17.5 Å². The number of aromatic nitrogens is 3. The average Bonchev–Trinajstić information content (AvgIpc) is 2.80. The van der Waals surface area contributed by atoms with Crippen LogP contribution in [0.5, 0.6) is 5.75 Å². The summed E-state index contributed by atoms with van der Waals surface area (Å²) < 4.78 is 6.97. The molecule has 0 amide bonds. The minimum Gasteiger partial charge on any atom is -0.494 e. The molecule has 1 N–H and O–H groups in total. The maximum absolute atomic E-state index is 10.7. The van der Waals surface area contributed by atoms with E-state index in [1.165, 1.54) is 0 Å². The third kappa shape index (κ3) is 3.16. The van der Waals surface area contributed by atoms with Gasteiger partial charge in [-0.2, -0.15) is 0 Å². The van der Waals surface area contributed by atoms with Crippen LogP contribution in [-0.4, -0.2) is 33.2 Å². The number of aliphatic carboxylic acids is 1. The van der Waals surface area contributed by atoms with Crippen molar-refractivity contribution in [1.29, 1.82) is 0 Å². The first-order valence-corrected chi connectivity index (χ1v) is 6.79. The number of carbonyl (C=O) groups is 1. The van der Waals surface area contributed by atoms with Crippen LogP contribution in [0.3, 0.4) is 0 Å². The number of rotatable bonds is 5. The first-order chi connectivity index (χ1) is 9.93. The Labute approximate surface area is 127 Å². The van der Waals surface area contributed by atoms with Crippen molar-refractivity contribution >= 4 is 17.6 Å². The zero-order valence-corrected chi connectivity index (χ0v) is 12.8. The standard InChI is InChI=1S/C14H16ClN3O3/c1-8-6-12(13(21-3)7-10(8)15)18-9(2)11(16-17-18)4-5-14(19)20/h6-7H,4-5H2,1-3H3,(H,19,20). The molecule has 0 saturated heterocycles. The molecule has 0 saturated carbocycles. The first kappa shape index (κ1) is 15.3. The number of halogens is 1. The van der Waals surface area contributed by atoms with E-state index in [2.05, 4.69) is 10.3 Å². The van der Waals surface area contributed by atoms with Gasteiger partial charge in [-0.25, -0.2) is 4.68 Å². The van der Waals surface area contributed by atoms with Gasteiger partial charge in [-0.05, 0) is 25.5 Å². The van der Waals surface area contributed by atoms with Gasteiger partial charge in [-0.3, -0.25) is 4.79 Å². The number of aryl methyl sites for hydroxylation is 2. The highest BCUT2D eigenvalue weighted by Gasteiger charge is 2.16. The average molecular weight is 310 g/mol. The quantitative estimate of drug-likeness (QED) is 0.918. The summed E-state index contributed by atoms with van der Waals surface area (Å²) in [5.74, 6) is -0.271. The Morgan fingerprint density at radius 2 is 2.14 bits per heavy atom. The fourth-order valence-electron chi connectivity index (χ4n) is 2.02. The molecule has 0 spiro atoms. The number of nitrogens with zero attached hydrogens (tertiary/aromatic N) is 3. The SMILES string of the molecule is COc1cc(Cl)c(C)cc1-n1nnc(CCC(=O)O)c1C. The van der Waals surface area contributed by atoms with Gasteiger partial charge in [0.2, 0.25) is 0 Å². The highest BCUT2D eigenvalue weighted by molar-refractivity contribution is 6.31. The molecule has 2 aromatic rings. The van der Waals surface area contributed by atoms with Crippen molar-refractivity contribution in [1.82, 2.24) is 15.0 Å². The molecule has 112 valence electrons. The second-order valence-corrected chi connectivity index (χ2v) is 5.11. The third-order valence-corrected chi connectivity index (χ3v) is 3.66. The second-order valence-electron chi connectivity index (χ2n) is 4.70. The summed E-state index contributed by atoms with van der Waals surface area (Å²) >= 11 is 6.09. The van der Waals surface area contributed by atoms with Crippen LogP contribution in [0.25, 0.3) is 5.69 Å². The number of carboxylic acids is 1. The molecule has 2 rings (SSSR count). The summed E-state index contributed by atoms with van der Waals surface area (Å²) in [5, 5.41) is 17.5. The highest BCUT2D eigenvalue weighted by atomic mass is 35.5. The Balaban J connectivity index is 2.43. The van der Waals surface area contributed by atoms with Gasteiger partial charge < -0.3 is 9.84 Å². The monoisotopic (exact) mass is 309 g/mol. The molecule has 0 aliphatic carbocycles. The van der Waals surface area contributed by atoms with Crippen LogP contribution in [-0.2, 0) is 11.2 Å². The number of hydrogen-bond donors (Lipinski definition) is 1. The van der Waals surface area contributed by atoms with Crippen LogP contribution >= 0.6 is 11.6 Å². The van der Waals surface area contributed by atoms with Crippen molar-refractivity contribution in [2.24, 2.45) is 0 Å². The molecule has 0 unspecified atom stereocenters. The van der Waals surface area contributed by atoms with E-state index in [-0.39, 0.29) is 6.42 Å². The van der Waals surface area contributed by atoms with Crippen LogP contribution in [0.15, 0.2) is 12.1 Å². The van der Waals surface area contributed by atoms with E-state index < -0.39 is 5.97 Å². The number of methoxy groups -OCH3 is 1. The molecule has 0 atom stereocenters. The maximum Gasteiger partial charge on any atom is 0.303 e. The molecule has 1 aromatic heterocycles. The van der Waals surface area contributed by atoms with E-state index >= 15 is 0 Å². The van der Waals surface area contributed by atoms with Crippen molar-refractivity contribution in [3.05, 3.63) is 34.1 Å². The van der Waals surface area contributed by atoms with Crippen molar-refractivity contribution in [3.8, 4) is 11.4 Å². The van der Waals surface area contributed by atoms with Gasteiger partial charge in [0.1, 0.15) is 11.4 Å². The number of benzene rings is 1. The molecule has 0 aliphatic heterocycles. The largest absolute Gasteiger partial charge is 0.494 e. The predicted molar refractivity (Wildman–Crippen MR) is 78.4 cm³/mol. The molecule has 21 heavy (non-hydrogen) atoms. The van der Waals surface area contributed by atoms with Gasteiger partial charge in [0.25, 0.3) is 0 Å². The van der Waals surface area contributed by atoms with Crippen molar-refractivity contribution in [2.45, 2.75) is 26.7 Å². The van der Waals surface area contributed by atoms with E-state index in [1.807, 2.05) is 19.9 Å². The fraction of sp³-hybridized carbons (Fsp3) is 0.357. The van der Waals surface area contributed by atoms with Gasteiger partial charge in [-0.1, -0.05) is 16.8 Å². The van der Waals surface area contributed by atoms with Crippen LogP contribution < -0.4 is 4.74 Å². The maximum atomic E-state index is 10.7. The Morgan fingerprint density at radius 1 is 1.43 bits per heavy atom. The molecule has 1 aromatic carbocycles. The molecule has 7 heteroatoms. The Morgan fingerprint density at radius 3 is 2.76 bits per heavy atom. The van der Waals surface area contributed by atoms with E-state index in [9.17, 15) is 4.79 Å². The summed E-state index contributed by atoms with van der Waals surface area (Å²) in [6.07, 6.45) is 0.367. The zero-order valence-electron chi connectivity index (χ0n) is 12.1. The fourth-order valence-corrected chi connectivity index (χ4v) is 2.18. The smallest absolute Gasteiger partial charge is 0.303 e.